The predicted octanol–water partition coefficient (Wildman–Crippen LogP) is 3.05. The first-order valence-electron chi connectivity index (χ1n) is 5.24. The number of nitrogens with two attached hydrogens (primary N) is 1. The van der Waals surface area contributed by atoms with Crippen LogP contribution in [0.2, 0.25) is 0 Å². The van der Waals surface area contributed by atoms with Crippen molar-refractivity contribution in [2.24, 2.45) is 0 Å². The van der Waals surface area contributed by atoms with Gasteiger partial charge in [-0.2, -0.15) is 0 Å². The van der Waals surface area contributed by atoms with Gasteiger partial charge in [-0.05, 0) is 42.3 Å². The maximum Gasteiger partial charge on any atom is 0.143 e. The second kappa shape index (κ2) is 5.35. The fourth-order valence-corrected chi connectivity index (χ4v) is 2.10. The van der Waals surface area contributed by atoms with Crippen molar-refractivity contribution < 1.29 is 0 Å². The molecular formula is C11H18BrN3. The molecule has 0 amide bonds. The zero-order valence-electron chi connectivity index (χ0n) is 9.50. The third-order valence-electron chi connectivity index (χ3n) is 2.20. The van der Waals surface area contributed by atoms with Crippen LogP contribution >= 0.6 is 15.9 Å². The van der Waals surface area contributed by atoms with Crippen LogP contribution in [0.5, 0.6) is 0 Å². The van der Waals surface area contributed by atoms with Gasteiger partial charge in [0.25, 0.3) is 0 Å². The van der Waals surface area contributed by atoms with Gasteiger partial charge in [-0.1, -0.05) is 6.92 Å². The molecule has 1 rings (SSSR count). The lowest BCUT2D eigenvalue weighted by molar-refractivity contribution is 0.661. The van der Waals surface area contributed by atoms with Crippen molar-refractivity contribution in [2.75, 3.05) is 17.2 Å². The molecule has 1 aromatic heterocycles. The molecule has 15 heavy (non-hydrogen) atoms. The van der Waals surface area contributed by atoms with Crippen LogP contribution in [-0.4, -0.2) is 17.6 Å². The minimum atomic E-state index is 0.442. The van der Waals surface area contributed by atoms with Gasteiger partial charge >= 0.3 is 0 Å². The Balaban J connectivity index is 3.00. The van der Waals surface area contributed by atoms with Gasteiger partial charge in [-0.15, -0.1) is 0 Å². The van der Waals surface area contributed by atoms with Crippen LogP contribution in [0.4, 0.5) is 11.5 Å². The van der Waals surface area contributed by atoms with Gasteiger partial charge < -0.3 is 10.6 Å². The molecule has 84 valence electrons. The summed E-state index contributed by atoms with van der Waals surface area (Å²) in [5.41, 5.74) is 6.35. The van der Waals surface area contributed by atoms with Crippen molar-refractivity contribution >= 4 is 27.4 Å². The van der Waals surface area contributed by atoms with Crippen LogP contribution in [0, 0.1) is 0 Å². The maximum atomic E-state index is 5.67. The van der Waals surface area contributed by atoms with E-state index in [-0.39, 0.29) is 0 Å². The van der Waals surface area contributed by atoms with E-state index in [9.17, 15) is 0 Å². The van der Waals surface area contributed by atoms with E-state index in [1.807, 2.05) is 6.07 Å². The molecule has 0 aromatic carbocycles. The van der Waals surface area contributed by atoms with Crippen molar-refractivity contribution in [3.8, 4) is 0 Å². The summed E-state index contributed by atoms with van der Waals surface area (Å²) >= 11 is 3.50. The number of pyridine rings is 1. The van der Waals surface area contributed by atoms with Crippen molar-refractivity contribution in [3.05, 3.63) is 16.7 Å². The smallest absolute Gasteiger partial charge is 0.143 e. The Kier molecular flexibility index (Phi) is 4.39. The third kappa shape index (κ3) is 3.09. The van der Waals surface area contributed by atoms with E-state index in [1.54, 1.807) is 6.20 Å². The molecule has 0 spiro atoms. The molecule has 0 bridgehead atoms. The van der Waals surface area contributed by atoms with E-state index in [2.05, 4.69) is 46.6 Å². The highest BCUT2D eigenvalue weighted by atomic mass is 79.9. The topological polar surface area (TPSA) is 42.2 Å². The summed E-state index contributed by atoms with van der Waals surface area (Å²) in [5.74, 6) is 0.973. The number of rotatable bonds is 4. The second-order valence-electron chi connectivity index (χ2n) is 3.86. The second-order valence-corrected chi connectivity index (χ2v) is 4.72. The monoisotopic (exact) mass is 271 g/mol. The van der Waals surface area contributed by atoms with E-state index < -0.39 is 0 Å². The molecule has 3 nitrogen and oxygen atoms in total. The Morgan fingerprint density at radius 3 is 2.67 bits per heavy atom. The summed E-state index contributed by atoms with van der Waals surface area (Å²) in [5, 5.41) is 0. The molecule has 0 aliphatic carbocycles. The van der Waals surface area contributed by atoms with Gasteiger partial charge in [-0.3, -0.25) is 0 Å². The van der Waals surface area contributed by atoms with Crippen LogP contribution in [0.1, 0.15) is 27.2 Å². The molecule has 1 heterocycles. The lowest BCUT2D eigenvalue weighted by Gasteiger charge is -2.28. The first kappa shape index (κ1) is 12.3. The minimum absolute atomic E-state index is 0.442. The fourth-order valence-electron chi connectivity index (χ4n) is 1.51. The molecular weight excluding hydrogens is 254 g/mol. The van der Waals surface area contributed by atoms with Gasteiger partial charge in [0.05, 0.1) is 16.4 Å². The number of hydrogen-bond donors (Lipinski definition) is 1. The van der Waals surface area contributed by atoms with Crippen molar-refractivity contribution in [1.29, 1.82) is 0 Å². The van der Waals surface area contributed by atoms with Crippen molar-refractivity contribution in [2.45, 2.75) is 33.2 Å². The quantitative estimate of drug-likeness (QED) is 0.916. The molecule has 0 atom stereocenters. The summed E-state index contributed by atoms with van der Waals surface area (Å²) < 4.78 is 0.963. The SMILES string of the molecule is CCCN(c1ncc(N)cc1Br)C(C)C. The molecule has 2 N–H and O–H groups in total. The zero-order chi connectivity index (χ0) is 11.4. The van der Waals surface area contributed by atoms with Crippen LogP contribution in [-0.2, 0) is 0 Å². The Bertz CT molecular complexity index is 326. The molecule has 4 heteroatoms. The fraction of sp³-hybridized carbons (Fsp3) is 0.545. The number of hydrogen-bond acceptors (Lipinski definition) is 3. The van der Waals surface area contributed by atoms with E-state index in [1.165, 1.54) is 0 Å². The summed E-state index contributed by atoms with van der Waals surface area (Å²) in [6.45, 7) is 7.51. The highest BCUT2D eigenvalue weighted by Gasteiger charge is 2.13. The van der Waals surface area contributed by atoms with Crippen LogP contribution < -0.4 is 10.6 Å². The number of anilines is 2. The maximum absolute atomic E-state index is 5.67. The standard InChI is InChI=1S/C11H18BrN3/c1-4-5-15(8(2)3)11-10(12)6-9(13)7-14-11/h6-8H,4-5,13H2,1-3H3. The molecule has 0 saturated heterocycles. The molecule has 0 saturated carbocycles. The predicted molar refractivity (Wildman–Crippen MR) is 69.1 cm³/mol. The Morgan fingerprint density at radius 1 is 1.53 bits per heavy atom. The molecule has 0 unspecified atom stereocenters. The average molecular weight is 272 g/mol. The van der Waals surface area contributed by atoms with Crippen molar-refractivity contribution in [3.63, 3.8) is 0 Å². The Labute approximate surface area is 99.8 Å². The Hall–Kier alpha value is -0.770. The van der Waals surface area contributed by atoms with Gasteiger partial charge in [-0.25, -0.2) is 4.98 Å². The summed E-state index contributed by atoms with van der Waals surface area (Å²) in [6, 6.07) is 2.34. The Morgan fingerprint density at radius 2 is 2.20 bits per heavy atom. The van der Waals surface area contributed by atoms with Crippen LogP contribution in [0.15, 0.2) is 16.7 Å². The number of nitrogens with zero attached hydrogens (tertiary/aromatic N) is 2. The van der Waals surface area contributed by atoms with E-state index in [0.717, 1.165) is 23.3 Å². The molecule has 0 aliphatic rings. The van der Waals surface area contributed by atoms with Gasteiger partial charge in [0.15, 0.2) is 0 Å². The van der Waals surface area contributed by atoms with E-state index >= 15 is 0 Å². The van der Waals surface area contributed by atoms with Crippen LogP contribution in [0.3, 0.4) is 0 Å². The van der Waals surface area contributed by atoms with Gasteiger partial charge in [0, 0.05) is 12.6 Å². The number of halogens is 1. The highest BCUT2D eigenvalue weighted by Crippen LogP contribution is 2.26. The number of aromatic nitrogens is 1. The van der Waals surface area contributed by atoms with Crippen LogP contribution in [0.25, 0.3) is 0 Å². The molecule has 0 radical (unpaired) electrons. The highest BCUT2D eigenvalue weighted by molar-refractivity contribution is 9.10. The lowest BCUT2D eigenvalue weighted by Crippen LogP contribution is -2.32. The average Bonchev–Trinajstić information content (AvgIpc) is 2.15. The third-order valence-corrected chi connectivity index (χ3v) is 2.79. The summed E-state index contributed by atoms with van der Waals surface area (Å²) in [7, 11) is 0. The molecule has 0 fully saturated rings. The lowest BCUT2D eigenvalue weighted by atomic mass is 10.2. The van der Waals surface area contributed by atoms with E-state index in [4.69, 9.17) is 5.73 Å². The summed E-state index contributed by atoms with van der Waals surface area (Å²) in [4.78, 5) is 6.64. The normalized spacial score (nSPS) is 10.7. The van der Waals surface area contributed by atoms with Crippen molar-refractivity contribution in [1.82, 2.24) is 4.98 Å². The molecule has 1 aromatic rings. The first-order chi connectivity index (χ1) is 7.06. The zero-order valence-corrected chi connectivity index (χ0v) is 11.1. The van der Waals surface area contributed by atoms with Gasteiger partial charge in [0.1, 0.15) is 5.82 Å². The minimum Gasteiger partial charge on any atom is -0.397 e. The molecule has 0 aliphatic heterocycles. The van der Waals surface area contributed by atoms with Gasteiger partial charge in [0.2, 0.25) is 0 Å². The first-order valence-corrected chi connectivity index (χ1v) is 6.03. The largest absolute Gasteiger partial charge is 0.397 e. The number of nitrogen functional groups attached to an aromatic ring is 1. The summed E-state index contributed by atoms with van der Waals surface area (Å²) in [6.07, 6.45) is 2.81. The van der Waals surface area contributed by atoms with E-state index in [0.29, 0.717) is 11.7 Å².